The van der Waals surface area contributed by atoms with Gasteiger partial charge in [-0.2, -0.15) is 0 Å². The lowest BCUT2D eigenvalue weighted by Gasteiger charge is -2.56. The van der Waals surface area contributed by atoms with Crippen molar-refractivity contribution in [3.63, 3.8) is 0 Å². The fourth-order valence-corrected chi connectivity index (χ4v) is 7.36. The van der Waals surface area contributed by atoms with Crippen molar-refractivity contribution in [3.8, 4) is 0 Å². The van der Waals surface area contributed by atoms with E-state index < -0.39 is 0 Å². The molecule has 2 nitrogen and oxygen atoms in total. The van der Waals surface area contributed by atoms with E-state index in [1.807, 2.05) is 6.08 Å². The largest absolute Gasteiger partial charge is 0.393 e. The Labute approximate surface area is 147 Å². The van der Waals surface area contributed by atoms with Gasteiger partial charge in [0.15, 0.2) is 5.78 Å². The Morgan fingerprint density at radius 3 is 2.92 bits per heavy atom. The average molecular weight is 331 g/mol. The molecule has 3 saturated carbocycles. The Hall–Kier alpha value is -0.630. The van der Waals surface area contributed by atoms with E-state index in [9.17, 15) is 9.90 Å². The van der Waals surface area contributed by atoms with Crippen LogP contribution in [0.1, 0.15) is 78.1 Å². The van der Waals surface area contributed by atoms with Crippen molar-refractivity contribution in [2.24, 2.45) is 35.0 Å². The molecule has 0 radical (unpaired) electrons. The van der Waals surface area contributed by atoms with E-state index in [-0.39, 0.29) is 6.10 Å². The number of aliphatic hydroxyl groups is 1. The van der Waals surface area contributed by atoms with E-state index in [4.69, 9.17) is 0 Å². The summed E-state index contributed by atoms with van der Waals surface area (Å²) in [6, 6.07) is 0. The summed E-state index contributed by atoms with van der Waals surface area (Å²) in [5, 5.41) is 10.4. The molecule has 2 heteroatoms. The number of fused-ring (bicyclic) bond motifs is 5. The third-order valence-corrected chi connectivity index (χ3v) is 8.28. The van der Waals surface area contributed by atoms with Gasteiger partial charge in [-0.1, -0.05) is 25.8 Å². The van der Waals surface area contributed by atoms with Crippen molar-refractivity contribution in [2.45, 2.75) is 84.2 Å². The first-order valence-electron chi connectivity index (χ1n) is 10.5. The lowest BCUT2D eigenvalue weighted by atomic mass is 9.49. The summed E-state index contributed by atoms with van der Waals surface area (Å²) in [7, 11) is 0. The molecule has 0 aromatic carbocycles. The van der Waals surface area contributed by atoms with E-state index in [0.29, 0.717) is 23.0 Å². The quantitative estimate of drug-likeness (QED) is 0.798. The molecule has 0 saturated heterocycles. The van der Waals surface area contributed by atoms with Crippen molar-refractivity contribution in [1.29, 1.82) is 0 Å². The fourth-order valence-electron chi connectivity index (χ4n) is 7.36. The summed E-state index contributed by atoms with van der Waals surface area (Å²) in [6.45, 7) is 4.56. The number of aliphatic hydroxyl groups excluding tert-OH is 1. The monoisotopic (exact) mass is 330 g/mol. The molecule has 1 N–H and O–H groups in total. The molecule has 7 atom stereocenters. The number of carbonyl (C=O) groups is 1. The lowest BCUT2D eigenvalue weighted by Crippen LogP contribution is -2.49. The molecule has 2 unspecified atom stereocenters. The van der Waals surface area contributed by atoms with Gasteiger partial charge in [0.1, 0.15) is 0 Å². The second kappa shape index (κ2) is 6.27. The number of hydrogen-bond donors (Lipinski definition) is 1. The van der Waals surface area contributed by atoms with Gasteiger partial charge < -0.3 is 5.11 Å². The van der Waals surface area contributed by atoms with E-state index in [2.05, 4.69) is 13.8 Å². The van der Waals surface area contributed by atoms with Gasteiger partial charge in [0, 0.05) is 6.42 Å². The summed E-state index contributed by atoms with van der Waals surface area (Å²) in [5.74, 6) is 4.24. The fraction of sp³-hybridized carbons (Fsp3) is 0.864. The molecule has 3 fully saturated rings. The van der Waals surface area contributed by atoms with E-state index in [1.165, 1.54) is 37.7 Å². The molecule has 0 aromatic heterocycles. The predicted octanol–water partition coefficient (Wildman–Crippen LogP) is 4.91. The highest BCUT2D eigenvalue weighted by molar-refractivity contribution is 5.91. The first-order chi connectivity index (χ1) is 11.5. The molecule has 0 aromatic rings. The number of rotatable bonds is 3. The third kappa shape index (κ3) is 2.60. The molecule has 4 aliphatic carbocycles. The summed E-state index contributed by atoms with van der Waals surface area (Å²) in [4.78, 5) is 11.9. The molecule has 4 aliphatic rings. The Bertz CT molecular complexity index is 536. The number of carbonyl (C=O) groups excluding carboxylic acids is 1. The van der Waals surface area contributed by atoms with Crippen LogP contribution in [-0.2, 0) is 4.79 Å². The van der Waals surface area contributed by atoms with E-state index in [0.717, 1.165) is 49.9 Å². The van der Waals surface area contributed by atoms with Crippen molar-refractivity contribution < 1.29 is 9.90 Å². The normalized spacial score (nSPS) is 45.9. The number of allylic oxidation sites excluding steroid dienone is 1. The van der Waals surface area contributed by atoms with Crippen LogP contribution in [0.5, 0.6) is 0 Å². The van der Waals surface area contributed by atoms with Crippen molar-refractivity contribution >= 4 is 5.78 Å². The molecule has 134 valence electrons. The molecule has 4 rings (SSSR count). The second-order valence-electron chi connectivity index (χ2n) is 9.42. The van der Waals surface area contributed by atoms with Crippen LogP contribution in [0.2, 0.25) is 0 Å². The van der Waals surface area contributed by atoms with Gasteiger partial charge in [-0.15, -0.1) is 0 Å². The van der Waals surface area contributed by atoms with Crippen LogP contribution < -0.4 is 0 Å². The van der Waals surface area contributed by atoms with Gasteiger partial charge in [-0.25, -0.2) is 0 Å². The maximum atomic E-state index is 11.9. The van der Waals surface area contributed by atoms with Crippen LogP contribution in [0.4, 0.5) is 0 Å². The van der Waals surface area contributed by atoms with Gasteiger partial charge in [0.2, 0.25) is 0 Å². The highest BCUT2D eigenvalue weighted by atomic mass is 16.3. The number of ketones is 1. The smallest absolute Gasteiger partial charge is 0.155 e. The maximum absolute atomic E-state index is 11.9. The van der Waals surface area contributed by atoms with Crippen molar-refractivity contribution in [1.82, 2.24) is 0 Å². The van der Waals surface area contributed by atoms with Gasteiger partial charge in [-0.3, -0.25) is 4.79 Å². The van der Waals surface area contributed by atoms with Gasteiger partial charge in [0.25, 0.3) is 0 Å². The Kier molecular flexibility index (Phi) is 4.39. The predicted molar refractivity (Wildman–Crippen MR) is 96.5 cm³/mol. The van der Waals surface area contributed by atoms with E-state index >= 15 is 0 Å². The third-order valence-electron chi connectivity index (χ3n) is 8.28. The molecule has 0 aliphatic heterocycles. The maximum Gasteiger partial charge on any atom is 0.155 e. The van der Waals surface area contributed by atoms with Gasteiger partial charge >= 0.3 is 0 Å². The standard InChI is InChI=1S/C22H34O2/c1-3-16(23)13-22-9-4-5-20(22)21-14(2)11-15-12-17(24)6-7-18(15)19(21)8-10-22/h12,14,16,18-21,23H,3-11,13H2,1-2H3/t14?,16?,18-,19+,20-,21+,22-/m0/s1. The second-order valence-corrected chi connectivity index (χ2v) is 9.42. The SMILES string of the molecule is CCC(O)C[C@@]12CCC[C@H]1[C@@H]1C(C)CC3=CC(=O)CC[C@@H]3[C@H]1CC2. The molecule has 0 bridgehead atoms. The van der Waals surface area contributed by atoms with Gasteiger partial charge in [-0.05, 0) is 92.4 Å². The van der Waals surface area contributed by atoms with Crippen molar-refractivity contribution in [2.75, 3.05) is 0 Å². The van der Waals surface area contributed by atoms with Crippen LogP contribution in [-0.4, -0.2) is 17.0 Å². The zero-order valence-corrected chi connectivity index (χ0v) is 15.5. The molecule has 0 heterocycles. The van der Waals surface area contributed by atoms with Crippen LogP contribution >= 0.6 is 0 Å². The van der Waals surface area contributed by atoms with E-state index in [1.54, 1.807) is 0 Å². The van der Waals surface area contributed by atoms with Crippen molar-refractivity contribution in [3.05, 3.63) is 11.6 Å². The number of hydrogen-bond acceptors (Lipinski definition) is 2. The molecular formula is C22H34O2. The summed E-state index contributed by atoms with van der Waals surface area (Å²) < 4.78 is 0. The Morgan fingerprint density at radius 2 is 2.12 bits per heavy atom. The molecule has 24 heavy (non-hydrogen) atoms. The highest BCUT2D eigenvalue weighted by Crippen LogP contribution is 2.64. The summed E-state index contributed by atoms with van der Waals surface area (Å²) in [5.41, 5.74) is 1.91. The zero-order chi connectivity index (χ0) is 16.9. The summed E-state index contributed by atoms with van der Waals surface area (Å²) >= 11 is 0. The van der Waals surface area contributed by atoms with Crippen LogP contribution in [0.3, 0.4) is 0 Å². The lowest BCUT2D eigenvalue weighted by molar-refractivity contribution is -0.116. The van der Waals surface area contributed by atoms with Crippen LogP contribution in [0.15, 0.2) is 11.6 Å². The Balaban J connectivity index is 1.62. The minimum Gasteiger partial charge on any atom is -0.393 e. The molecular weight excluding hydrogens is 296 g/mol. The molecule has 0 spiro atoms. The zero-order valence-electron chi connectivity index (χ0n) is 15.5. The molecule has 0 amide bonds. The Morgan fingerprint density at radius 1 is 1.29 bits per heavy atom. The average Bonchev–Trinajstić information content (AvgIpc) is 2.97. The minimum atomic E-state index is -0.108. The van der Waals surface area contributed by atoms with Gasteiger partial charge in [0.05, 0.1) is 6.10 Å². The minimum absolute atomic E-state index is 0.108. The van der Waals surface area contributed by atoms with Crippen LogP contribution in [0.25, 0.3) is 0 Å². The first-order valence-corrected chi connectivity index (χ1v) is 10.5. The highest BCUT2D eigenvalue weighted by Gasteiger charge is 2.56. The first kappa shape index (κ1) is 16.8. The van der Waals surface area contributed by atoms with Crippen LogP contribution in [0, 0.1) is 35.0 Å². The topological polar surface area (TPSA) is 37.3 Å². The summed E-state index contributed by atoms with van der Waals surface area (Å²) in [6.07, 6.45) is 13.6.